The minimum absolute atomic E-state index is 0. The number of fused-ring (bicyclic) bond motifs is 5. The summed E-state index contributed by atoms with van der Waals surface area (Å²) in [6.45, 7) is 2.06. The van der Waals surface area contributed by atoms with Gasteiger partial charge in [0, 0.05) is 11.9 Å². The molecule has 0 bridgehead atoms. The predicted octanol–water partition coefficient (Wildman–Crippen LogP) is 4.38. The number of aromatic nitrogens is 2. The van der Waals surface area contributed by atoms with E-state index in [9.17, 15) is 0 Å². The van der Waals surface area contributed by atoms with Gasteiger partial charge in [0.2, 0.25) is 0 Å². The molecule has 1 aliphatic rings. The Balaban J connectivity index is 0.00000121. The third-order valence-corrected chi connectivity index (χ3v) is 3.39. The Hall–Kier alpha value is -2.26. The molecule has 0 aliphatic carbocycles. The van der Waals surface area contributed by atoms with Gasteiger partial charge in [-0.15, -0.1) is 12.4 Å². The zero-order chi connectivity index (χ0) is 12.8. The summed E-state index contributed by atoms with van der Waals surface area (Å²) in [5.41, 5.74) is 3.15. The van der Waals surface area contributed by atoms with Crippen molar-refractivity contribution in [2.75, 3.05) is 0 Å². The molecule has 100 valence electrons. The molecule has 0 amide bonds. The first-order valence-electron chi connectivity index (χ1n) is 6.25. The smallest absolute Gasteiger partial charge is 0.151 e. The van der Waals surface area contributed by atoms with Crippen LogP contribution in [0.4, 0.5) is 0 Å². The molecule has 1 aromatic heterocycles. The summed E-state index contributed by atoms with van der Waals surface area (Å²) >= 11 is 0. The van der Waals surface area contributed by atoms with Gasteiger partial charge in [-0.25, -0.2) is 4.98 Å². The standard InChI is InChI=1S/C16H12N2O.ClH/c1-11-10-17-16-12-6-2-4-8-14(12)19-15-9-5-3-7-13(15)18(11)16;/h2-10H,1H3;1H. The summed E-state index contributed by atoms with van der Waals surface area (Å²) in [6, 6.07) is 16.0. The summed E-state index contributed by atoms with van der Waals surface area (Å²) < 4.78 is 8.18. The van der Waals surface area contributed by atoms with Crippen LogP contribution in [0, 0.1) is 6.92 Å². The van der Waals surface area contributed by atoms with E-state index in [0.29, 0.717) is 0 Å². The Kier molecular flexibility index (Phi) is 2.99. The van der Waals surface area contributed by atoms with E-state index in [-0.39, 0.29) is 12.4 Å². The third-order valence-electron chi connectivity index (χ3n) is 3.39. The molecule has 0 radical (unpaired) electrons. The van der Waals surface area contributed by atoms with Gasteiger partial charge >= 0.3 is 0 Å². The number of halogens is 1. The van der Waals surface area contributed by atoms with Crippen molar-refractivity contribution in [3.05, 3.63) is 60.4 Å². The van der Waals surface area contributed by atoms with E-state index in [2.05, 4.69) is 22.5 Å². The van der Waals surface area contributed by atoms with Crippen LogP contribution in [-0.4, -0.2) is 9.55 Å². The van der Waals surface area contributed by atoms with Crippen molar-refractivity contribution in [1.29, 1.82) is 0 Å². The fourth-order valence-corrected chi connectivity index (χ4v) is 2.52. The Bertz CT molecular complexity index is 780. The van der Waals surface area contributed by atoms with Gasteiger partial charge in [0.1, 0.15) is 11.6 Å². The van der Waals surface area contributed by atoms with E-state index >= 15 is 0 Å². The van der Waals surface area contributed by atoms with Crippen LogP contribution in [0.2, 0.25) is 0 Å². The number of aryl methyl sites for hydroxylation is 1. The molecule has 0 saturated carbocycles. The first-order valence-corrected chi connectivity index (χ1v) is 6.25. The molecule has 4 heteroatoms. The highest BCUT2D eigenvalue weighted by molar-refractivity contribution is 5.85. The molecular formula is C16H13ClN2O. The van der Waals surface area contributed by atoms with Gasteiger partial charge in [-0.1, -0.05) is 24.3 Å². The molecule has 0 N–H and O–H groups in total. The first kappa shape index (κ1) is 12.8. The molecule has 0 unspecified atom stereocenters. The van der Waals surface area contributed by atoms with Gasteiger partial charge in [0.15, 0.2) is 5.75 Å². The Morgan fingerprint density at radius 1 is 0.950 bits per heavy atom. The van der Waals surface area contributed by atoms with Gasteiger partial charge in [-0.2, -0.15) is 0 Å². The van der Waals surface area contributed by atoms with E-state index in [1.807, 2.05) is 48.7 Å². The Morgan fingerprint density at radius 2 is 1.65 bits per heavy atom. The van der Waals surface area contributed by atoms with Crippen LogP contribution in [0.3, 0.4) is 0 Å². The van der Waals surface area contributed by atoms with Gasteiger partial charge < -0.3 is 4.74 Å². The lowest BCUT2D eigenvalue weighted by Gasteiger charge is -2.09. The largest absolute Gasteiger partial charge is 0.454 e. The number of imidazole rings is 1. The highest BCUT2D eigenvalue weighted by atomic mass is 35.5. The fraction of sp³-hybridized carbons (Fsp3) is 0.0625. The van der Waals surface area contributed by atoms with Gasteiger partial charge in [-0.05, 0) is 31.2 Å². The van der Waals surface area contributed by atoms with Crippen LogP contribution >= 0.6 is 12.4 Å². The summed E-state index contributed by atoms with van der Waals surface area (Å²) in [4.78, 5) is 4.54. The maximum Gasteiger partial charge on any atom is 0.151 e. The number of rotatable bonds is 0. The van der Waals surface area contributed by atoms with E-state index in [0.717, 1.165) is 34.3 Å². The monoisotopic (exact) mass is 284 g/mol. The number of nitrogens with zero attached hydrogens (tertiary/aromatic N) is 2. The van der Waals surface area contributed by atoms with E-state index < -0.39 is 0 Å². The highest BCUT2D eigenvalue weighted by Crippen LogP contribution is 2.40. The average Bonchev–Trinajstić information content (AvgIpc) is 2.75. The second kappa shape index (κ2) is 4.69. The fourth-order valence-electron chi connectivity index (χ4n) is 2.52. The molecule has 20 heavy (non-hydrogen) atoms. The number of ether oxygens (including phenoxy) is 1. The third kappa shape index (κ3) is 1.71. The maximum atomic E-state index is 6.04. The summed E-state index contributed by atoms with van der Waals surface area (Å²) in [7, 11) is 0. The van der Waals surface area contributed by atoms with Crippen molar-refractivity contribution in [1.82, 2.24) is 9.55 Å². The molecule has 0 saturated heterocycles. The molecule has 3 aromatic rings. The quantitative estimate of drug-likeness (QED) is 0.479. The number of benzene rings is 2. The first-order chi connectivity index (χ1) is 9.34. The molecule has 3 nitrogen and oxygen atoms in total. The van der Waals surface area contributed by atoms with Crippen LogP contribution in [0.15, 0.2) is 54.7 Å². The minimum Gasteiger partial charge on any atom is -0.454 e. The summed E-state index contributed by atoms with van der Waals surface area (Å²) in [6.07, 6.45) is 1.90. The van der Waals surface area contributed by atoms with Crippen LogP contribution in [-0.2, 0) is 0 Å². The molecule has 0 spiro atoms. The lowest BCUT2D eigenvalue weighted by molar-refractivity contribution is 0.485. The van der Waals surface area contributed by atoms with Crippen LogP contribution < -0.4 is 4.74 Å². The lowest BCUT2D eigenvalue weighted by atomic mass is 10.2. The van der Waals surface area contributed by atoms with Crippen LogP contribution in [0.5, 0.6) is 11.5 Å². The maximum absolute atomic E-state index is 6.04. The molecule has 2 aromatic carbocycles. The number of hydrogen-bond donors (Lipinski definition) is 0. The predicted molar refractivity (Wildman–Crippen MR) is 81.1 cm³/mol. The minimum atomic E-state index is 0. The molecule has 1 aliphatic heterocycles. The number of para-hydroxylation sites is 3. The van der Waals surface area contributed by atoms with Crippen molar-refractivity contribution >= 4 is 12.4 Å². The van der Waals surface area contributed by atoms with Gasteiger partial charge in [0.25, 0.3) is 0 Å². The lowest BCUT2D eigenvalue weighted by Crippen LogP contribution is -1.98. The molecule has 4 rings (SSSR count). The zero-order valence-corrected chi connectivity index (χ0v) is 11.7. The molecular weight excluding hydrogens is 272 g/mol. The van der Waals surface area contributed by atoms with Crippen molar-refractivity contribution in [2.45, 2.75) is 6.92 Å². The van der Waals surface area contributed by atoms with Crippen LogP contribution in [0.1, 0.15) is 5.69 Å². The van der Waals surface area contributed by atoms with E-state index in [4.69, 9.17) is 4.74 Å². The summed E-state index contributed by atoms with van der Waals surface area (Å²) in [5, 5.41) is 0. The van der Waals surface area contributed by atoms with E-state index in [1.165, 1.54) is 0 Å². The normalized spacial score (nSPS) is 11.2. The molecule has 0 atom stereocenters. The second-order valence-corrected chi connectivity index (χ2v) is 4.62. The van der Waals surface area contributed by atoms with Gasteiger partial charge in [0.05, 0.1) is 11.3 Å². The second-order valence-electron chi connectivity index (χ2n) is 4.62. The molecule has 2 heterocycles. The van der Waals surface area contributed by atoms with E-state index in [1.54, 1.807) is 0 Å². The number of hydrogen-bond acceptors (Lipinski definition) is 2. The average molecular weight is 285 g/mol. The summed E-state index contributed by atoms with van der Waals surface area (Å²) in [5.74, 6) is 2.63. The SMILES string of the molecule is Cc1cnc2n1-c1ccccc1Oc1ccccc1-2.Cl. The Labute approximate surface area is 123 Å². The zero-order valence-electron chi connectivity index (χ0n) is 10.9. The highest BCUT2D eigenvalue weighted by Gasteiger charge is 2.21. The van der Waals surface area contributed by atoms with Crippen molar-refractivity contribution in [3.8, 4) is 28.6 Å². The van der Waals surface area contributed by atoms with Crippen LogP contribution in [0.25, 0.3) is 17.1 Å². The van der Waals surface area contributed by atoms with Crippen molar-refractivity contribution in [3.63, 3.8) is 0 Å². The van der Waals surface area contributed by atoms with Crippen molar-refractivity contribution < 1.29 is 4.74 Å². The van der Waals surface area contributed by atoms with Gasteiger partial charge in [-0.3, -0.25) is 4.57 Å². The van der Waals surface area contributed by atoms with Crippen molar-refractivity contribution in [2.24, 2.45) is 0 Å². The Morgan fingerprint density at radius 3 is 2.50 bits per heavy atom. The topological polar surface area (TPSA) is 27.1 Å². The molecule has 0 fully saturated rings.